The molecular formula is C14H18FN3. The molecule has 2 aromatic rings. The summed E-state index contributed by atoms with van der Waals surface area (Å²) in [5.41, 5.74) is 1.23. The molecule has 0 spiro atoms. The van der Waals surface area contributed by atoms with Gasteiger partial charge < -0.3 is 10.3 Å². The van der Waals surface area contributed by atoms with Crippen molar-refractivity contribution in [3.05, 3.63) is 29.8 Å². The van der Waals surface area contributed by atoms with Gasteiger partial charge >= 0.3 is 0 Å². The zero-order chi connectivity index (χ0) is 12.5. The molecule has 0 amide bonds. The van der Waals surface area contributed by atoms with Gasteiger partial charge in [0.1, 0.15) is 11.3 Å². The summed E-state index contributed by atoms with van der Waals surface area (Å²) in [4.78, 5) is 7.65. The molecule has 1 aromatic carbocycles. The fourth-order valence-corrected chi connectivity index (χ4v) is 2.76. The van der Waals surface area contributed by atoms with E-state index in [1.165, 1.54) is 18.9 Å². The topological polar surface area (TPSA) is 40.7 Å². The molecule has 3 nitrogen and oxygen atoms in total. The smallest absolute Gasteiger partial charge is 0.151 e. The van der Waals surface area contributed by atoms with Crippen molar-refractivity contribution in [2.24, 2.45) is 5.92 Å². The van der Waals surface area contributed by atoms with Crippen LogP contribution in [0.2, 0.25) is 0 Å². The summed E-state index contributed by atoms with van der Waals surface area (Å²) in [6.07, 6.45) is 3.51. The van der Waals surface area contributed by atoms with Gasteiger partial charge in [-0.25, -0.2) is 9.37 Å². The second-order valence-corrected chi connectivity index (χ2v) is 5.06. The Morgan fingerprint density at radius 1 is 1.44 bits per heavy atom. The van der Waals surface area contributed by atoms with Crippen molar-refractivity contribution < 1.29 is 4.39 Å². The minimum Gasteiger partial charge on any atom is -0.341 e. The van der Waals surface area contributed by atoms with Crippen LogP contribution in [-0.2, 0) is 0 Å². The monoisotopic (exact) mass is 247 g/mol. The van der Waals surface area contributed by atoms with Crippen molar-refractivity contribution in [3.63, 3.8) is 0 Å². The molecule has 2 atom stereocenters. The van der Waals surface area contributed by atoms with Crippen LogP contribution in [0.15, 0.2) is 18.2 Å². The SMILES string of the molecule is CCC1CCNC(c2nc3c(F)cccc3[nH]2)C1. The van der Waals surface area contributed by atoms with Crippen LogP contribution >= 0.6 is 0 Å². The van der Waals surface area contributed by atoms with Crippen molar-refractivity contribution in [1.29, 1.82) is 0 Å². The lowest BCUT2D eigenvalue weighted by atomic mass is 9.90. The Balaban J connectivity index is 1.92. The van der Waals surface area contributed by atoms with E-state index < -0.39 is 0 Å². The average Bonchev–Trinajstić information content (AvgIpc) is 2.84. The van der Waals surface area contributed by atoms with E-state index in [1.807, 2.05) is 6.07 Å². The number of para-hydroxylation sites is 1. The van der Waals surface area contributed by atoms with Gasteiger partial charge in [-0.2, -0.15) is 0 Å². The highest BCUT2D eigenvalue weighted by Gasteiger charge is 2.24. The molecule has 1 aliphatic rings. The number of hydrogen-bond donors (Lipinski definition) is 2. The molecule has 96 valence electrons. The van der Waals surface area contributed by atoms with Gasteiger partial charge in [-0.05, 0) is 37.4 Å². The van der Waals surface area contributed by atoms with E-state index in [0.717, 1.165) is 30.2 Å². The fraction of sp³-hybridized carbons (Fsp3) is 0.500. The van der Waals surface area contributed by atoms with Crippen molar-refractivity contribution in [2.75, 3.05) is 6.54 Å². The van der Waals surface area contributed by atoms with Crippen LogP contribution in [0, 0.1) is 11.7 Å². The van der Waals surface area contributed by atoms with Crippen molar-refractivity contribution in [3.8, 4) is 0 Å². The van der Waals surface area contributed by atoms with Crippen LogP contribution in [0.5, 0.6) is 0 Å². The quantitative estimate of drug-likeness (QED) is 0.855. The van der Waals surface area contributed by atoms with E-state index in [4.69, 9.17) is 0 Å². The second-order valence-electron chi connectivity index (χ2n) is 5.06. The third kappa shape index (κ3) is 2.01. The van der Waals surface area contributed by atoms with Crippen LogP contribution in [0.25, 0.3) is 11.0 Å². The molecule has 4 heteroatoms. The maximum atomic E-state index is 13.6. The van der Waals surface area contributed by atoms with Gasteiger partial charge in [-0.15, -0.1) is 0 Å². The Morgan fingerprint density at radius 2 is 2.33 bits per heavy atom. The summed E-state index contributed by atoms with van der Waals surface area (Å²) in [6.45, 7) is 3.24. The number of rotatable bonds is 2. The third-order valence-electron chi connectivity index (χ3n) is 3.90. The molecule has 2 N–H and O–H groups in total. The number of aromatic amines is 1. The molecule has 1 aromatic heterocycles. The first-order valence-corrected chi connectivity index (χ1v) is 6.65. The third-order valence-corrected chi connectivity index (χ3v) is 3.90. The Hall–Kier alpha value is -1.42. The zero-order valence-electron chi connectivity index (χ0n) is 10.5. The molecule has 2 heterocycles. The van der Waals surface area contributed by atoms with Gasteiger partial charge in [0.15, 0.2) is 5.82 Å². The molecule has 0 bridgehead atoms. The Morgan fingerprint density at radius 3 is 3.11 bits per heavy atom. The fourth-order valence-electron chi connectivity index (χ4n) is 2.76. The molecule has 0 radical (unpaired) electrons. The first kappa shape index (κ1) is 11.7. The predicted octanol–water partition coefficient (Wildman–Crippen LogP) is 3.15. The van der Waals surface area contributed by atoms with Crippen LogP contribution in [-0.4, -0.2) is 16.5 Å². The Bertz CT molecular complexity index is 549. The molecular weight excluding hydrogens is 229 g/mol. The minimum atomic E-state index is -0.252. The van der Waals surface area contributed by atoms with Crippen LogP contribution in [0.4, 0.5) is 4.39 Å². The van der Waals surface area contributed by atoms with Crippen LogP contribution in [0.1, 0.15) is 38.1 Å². The number of nitrogens with one attached hydrogen (secondary N) is 2. The molecule has 3 rings (SSSR count). The summed E-state index contributed by atoms with van der Waals surface area (Å²) in [7, 11) is 0. The number of nitrogens with zero attached hydrogens (tertiary/aromatic N) is 1. The number of fused-ring (bicyclic) bond motifs is 1. The molecule has 0 saturated carbocycles. The normalized spacial score (nSPS) is 24.6. The summed E-state index contributed by atoms with van der Waals surface area (Å²) in [6, 6.07) is 5.27. The van der Waals surface area contributed by atoms with Gasteiger partial charge in [-0.1, -0.05) is 19.4 Å². The zero-order valence-corrected chi connectivity index (χ0v) is 10.5. The molecule has 18 heavy (non-hydrogen) atoms. The number of aromatic nitrogens is 2. The predicted molar refractivity (Wildman–Crippen MR) is 69.8 cm³/mol. The van der Waals surface area contributed by atoms with Crippen LogP contribution < -0.4 is 5.32 Å². The summed E-state index contributed by atoms with van der Waals surface area (Å²) in [5, 5.41) is 3.46. The lowest BCUT2D eigenvalue weighted by molar-refractivity contribution is 0.292. The standard InChI is InChI=1S/C14H18FN3/c1-2-9-6-7-16-12(8-9)14-17-11-5-3-4-10(15)13(11)18-14/h3-5,9,12,16H,2,6-8H2,1H3,(H,17,18). The van der Waals surface area contributed by atoms with Crippen LogP contribution in [0.3, 0.4) is 0 Å². The molecule has 1 aliphatic heterocycles. The Labute approximate surface area is 106 Å². The van der Waals surface area contributed by atoms with Crippen molar-refractivity contribution in [1.82, 2.24) is 15.3 Å². The highest BCUT2D eigenvalue weighted by Crippen LogP contribution is 2.29. The average molecular weight is 247 g/mol. The number of halogens is 1. The summed E-state index contributed by atoms with van der Waals surface area (Å²) >= 11 is 0. The molecule has 1 fully saturated rings. The number of benzene rings is 1. The molecule has 0 aliphatic carbocycles. The molecule has 2 unspecified atom stereocenters. The Kier molecular flexibility index (Phi) is 3.04. The van der Waals surface area contributed by atoms with Gasteiger partial charge in [0, 0.05) is 0 Å². The van der Waals surface area contributed by atoms with E-state index >= 15 is 0 Å². The van der Waals surface area contributed by atoms with E-state index in [2.05, 4.69) is 22.2 Å². The maximum Gasteiger partial charge on any atom is 0.151 e. The summed E-state index contributed by atoms with van der Waals surface area (Å²) in [5.74, 6) is 1.36. The first-order chi connectivity index (χ1) is 8.78. The van der Waals surface area contributed by atoms with E-state index in [1.54, 1.807) is 6.07 Å². The summed E-state index contributed by atoms with van der Waals surface area (Å²) < 4.78 is 13.6. The highest BCUT2D eigenvalue weighted by atomic mass is 19.1. The first-order valence-electron chi connectivity index (χ1n) is 6.65. The maximum absolute atomic E-state index is 13.6. The van der Waals surface area contributed by atoms with Gasteiger partial charge in [0.2, 0.25) is 0 Å². The van der Waals surface area contributed by atoms with Crippen molar-refractivity contribution >= 4 is 11.0 Å². The number of hydrogen-bond acceptors (Lipinski definition) is 2. The second kappa shape index (κ2) is 4.69. The largest absolute Gasteiger partial charge is 0.341 e. The number of piperidine rings is 1. The van der Waals surface area contributed by atoms with E-state index in [-0.39, 0.29) is 11.9 Å². The van der Waals surface area contributed by atoms with Gasteiger partial charge in [0.25, 0.3) is 0 Å². The van der Waals surface area contributed by atoms with E-state index in [0.29, 0.717) is 5.52 Å². The van der Waals surface area contributed by atoms with Gasteiger partial charge in [0.05, 0.1) is 11.6 Å². The van der Waals surface area contributed by atoms with Gasteiger partial charge in [-0.3, -0.25) is 0 Å². The molecule has 1 saturated heterocycles. The number of imidazole rings is 1. The lowest BCUT2D eigenvalue weighted by Crippen LogP contribution is -2.32. The van der Waals surface area contributed by atoms with Crippen molar-refractivity contribution in [2.45, 2.75) is 32.2 Å². The van der Waals surface area contributed by atoms with E-state index in [9.17, 15) is 4.39 Å². The highest BCUT2D eigenvalue weighted by molar-refractivity contribution is 5.75. The minimum absolute atomic E-state index is 0.232. The lowest BCUT2D eigenvalue weighted by Gasteiger charge is -2.28. The number of H-pyrrole nitrogens is 1.